The lowest BCUT2D eigenvalue weighted by atomic mass is 9.76. The number of nitrogens with one attached hydrogen (secondary N) is 1. The van der Waals surface area contributed by atoms with Crippen molar-refractivity contribution in [2.24, 2.45) is 0 Å². The summed E-state index contributed by atoms with van der Waals surface area (Å²) in [5.41, 5.74) is 2.91. The van der Waals surface area contributed by atoms with Crippen molar-refractivity contribution in [3.63, 3.8) is 0 Å². The monoisotopic (exact) mass is 459 g/mol. The molecular weight excluding hydrogens is 430 g/mol. The van der Waals surface area contributed by atoms with Gasteiger partial charge in [0.05, 0.1) is 25.5 Å². The number of fused-ring (bicyclic) bond motifs is 5. The van der Waals surface area contributed by atoms with Gasteiger partial charge in [-0.3, -0.25) is 9.59 Å². The molecule has 0 spiro atoms. The van der Waals surface area contributed by atoms with Crippen LogP contribution in [0.15, 0.2) is 48.5 Å². The van der Waals surface area contributed by atoms with Crippen molar-refractivity contribution in [1.29, 1.82) is 0 Å². The highest BCUT2D eigenvalue weighted by Crippen LogP contribution is 2.48. The van der Waals surface area contributed by atoms with Gasteiger partial charge >= 0.3 is 0 Å². The molecule has 7 nitrogen and oxygen atoms in total. The van der Waals surface area contributed by atoms with Crippen molar-refractivity contribution >= 4 is 22.7 Å². The molecule has 176 valence electrons. The van der Waals surface area contributed by atoms with Gasteiger partial charge in [-0.25, -0.2) is 0 Å². The number of para-hydroxylation sites is 1. The molecular formula is C27H29N3O4. The van der Waals surface area contributed by atoms with E-state index in [4.69, 9.17) is 9.47 Å². The molecule has 2 saturated heterocycles. The molecule has 3 aliphatic heterocycles. The lowest BCUT2D eigenvalue weighted by Gasteiger charge is -2.51. The normalized spacial score (nSPS) is 26.6. The van der Waals surface area contributed by atoms with Gasteiger partial charge in [0.2, 0.25) is 5.91 Å². The number of benzene rings is 2. The van der Waals surface area contributed by atoms with Gasteiger partial charge in [-0.15, -0.1) is 0 Å². The summed E-state index contributed by atoms with van der Waals surface area (Å²) >= 11 is 0. The Labute approximate surface area is 198 Å². The third-order valence-corrected chi connectivity index (χ3v) is 7.78. The Morgan fingerprint density at radius 1 is 1.15 bits per heavy atom. The van der Waals surface area contributed by atoms with Crippen LogP contribution in [0.25, 0.3) is 10.9 Å². The van der Waals surface area contributed by atoms with Gasteiger partial charge in [0, 0.05) is 36.5 Å². The van der Waals surface area contributed by atoms with Crippen LogP contribution in [0.2, 0.25) is 0 Å². The standard InChI is InChI=1S/C27H29N3O4/c1-27-25-24(20-7-3-4-8-22(20)28-25)21(17-9-11-18(33-2)12-10-17)15-30(27)23(31)16-29(26(27)32)14-19-6-5-13-34-19/h3-4,7-12,19,21,28H,5-6,13-16H2,1-2H3/t19-,21-,27+/m1/s1. The molecule has 0 saturated carbocycles. The molecule has 3 aliphatic rings. The third-order valence-electron chi connectivity index (χ3n) is 7.78. The number of aromatic nitrogens is 1. The highest BCUT2D eigenvalue weighted by molar-refractivity contribution is 6.01. The van der Waals surface area contributed by atoms with E-state index in [-0.39, 0.29) is 30.4 Å². The fourth-order valence-corrected chi connectivity index (χ4v) is 5.99. The Morgan fingerprint density at radius 3 is 2.68 bits per heavy atom. The molecule has 2 fully saturated rings. The topological polar surface area (TPSA) is 74.9 Å². The van der Waals surface area contributed by atoms with E-state index in [1.165, 1.54) is 0 Å². The Morgan fingerprint density at radius 2 is 1.94 bits per heavy atom. The predicted molar refractivity (Wildman–Crippen MR) is 128 cm³/mol. The second-order valence-electron chi connectivity index (χ2n) is 9.68. The van der Waals surface area contributed by atoms with Crippen molar-refractivity contribution in [2.75, 3.05) is 33.4 Å². The number of rotatable bonds is 4. The Bertz CT molecular complexity index is 1260. The number of carbonyl (C=O) groups is 2. The van der Waals surface area contributed by atoms with E-state index >= 15 is 0 Å². The Hall–Kier alpha value is -3.32. The number of hydrogen-bond donors (Lipinski definition) is 1. The van der Waals surface area contributed by atoms with Crippen molar-refractivity contribution in [1.82, 2.24) is 14.8 Å². The van der Waals surface area contributed by atoms with Gasteiger partial charge in [0.15, 0.2) is 5.54 Å². The van der Waals surface area contributed by atoms with Crippen LogP contribution in [-0.2, 0) is 19.9 Å². The SMILES string of the molecule is COc1ccc([C@H]2CN3C(=O)CN(C[C@H]4CCCO4)C(=O)[C@]3(C)c3[nH]c4ccccc4c32)cc1. The smallest absolute Gasteiger partial charge is 0.255 e. The number of amides is 2. The van der Waals surface area contributed by atoms with Crippen molar-refractivity contribution in [3.05, 3.63) is 65.4 Å². The van der Waals surface area contributed by atoms with Gasteiger partial charge in [0.1, 0.15) is 5.75 Å². The van der Waals surface area contributed by atoms with Gasteiger partial charge in [-0.2, -0.15) is 0 Å². The van der Waals surface area contributed by atoms with E-state index in [9.17, 15) is 9.59 Å². The molecule has 0 radical (unpaired) electrons. The average Bonchev–Trinajstić information content (AvgIpc) is 3.51. The maximum atomic E-state index is 14.0. The average molecular weight is 460 g/mol. The molecule has 7 heteroatoms. The highest BCUT2D eigenvalue weighted by atomic mass is 16.5. The van der Waals surface area contributed by atoms with Crippen molar-refractivity contribution in [2.45, 2.75) is 37.3 Å². The van der Waals surface area contributed by atoms with Crippen LogP contribution >= 0.6 is 0 Å². The fraction of sp³-hybridized carbons (Fsp3) is 0.407. The zero-order chi connectivity index (χ0) is 23.4. The molecule has 1 N–H and O–H groups in total. The number of ether oxygens (including phenoxy) is 2. The molecule has 2 aromatic carbocycles. The summed E-state index contributed by atoms with van der Waals surface area (Å²) in [6.07, 6.45) is 1.93. The molecule has 1 aromatic heterocycles. The second kappa shape index (κ2) is 7.87. The second-order valence-corrected chi connectivity index (χ2v) is 9.68. The molecule has 0 aliphatic carbocycles. The van der Waals surface area contributed by atoms with Crippen molar-refractivity contribution < 1.29 is 19.1 Å². The summed E-state index contributed by atoms with van der Waals surface area (Å²) in [5, 5.41) is 1.09. The van der Waals surface area contributed by atoms with E-state index in [1.54, 1.807) is 16.9 Å². The minimum absolute atomic E-state index is 0.00437. The molecule has 3 atom stereocenters. The van der Waals surface area contributed by atoms with Crippen LogP contribution in [0.3, 0.4) is 0 Å². The summed E-state index contributed by atoms with van der Waals surface area (Å²) in [4.78, 5) is 34.6. The third kappa shape index (κ3) is 3.06. The molecule has 34 heavy (non-hydrogen) atoms. The summed E-state index contributed by atoms with van der Waals surface area (Å²) in [6, 6.07) is 16.1. The summed E-state index contributed by atoms with van der Waals surface area (Å²) in [5.74, 6) is 0.677. The lowest BCUT2D eigenvalue weighted by molar-refractivity contribution is -0.167. The van der Waals surface area contributed by atoms with Crippen LogP contribution in [0.4, 0.5) is 0 Å². The number of aromatic amines is 1. The number of hydrogen-bond acceptors (Lipinski definition) is 4. The van der Waals surface area contributed by atoms with E-state index in [0.29, 0.717) is 13.1 Å². The lowest BCUT2D eigenvalue weighted by Crippen LogP contribution is -2.68. The maximum Gasteiger partial charge on any atom is 0.255 e. The van der Waals surface area contributed by atoms with Crippen LogP contribution in [0, 0.1) is 0 Å². The molecule has 0 bridgehead atoms. The zero-order valence-corrected chi connectivity index (χ0v) is 19.5. The van der Waals surface area contributed by atoms with E-state index in [2.05, 4.69) is 23.2 Å². The molecule has 4 heterocycles. The minimum Gasteiger partial charge on any atom is -0.497 e. The van der Waals surface area contributed by atoms with Gasteiger partial charge in [-0.1, -0.05) is 30.3 Å². The summed E-state index contributed by atoms with van der Waals surface area (Å²) in [6.45, 7) is 3.63. The van der Waals surface area contributed by atoms with Crippen LogP contribution in [-0.4, -0.2) is 66.1 Å². The van der Waals surface area contributed by atoms with Gasteiger partial charge < -0.3 is 24.3 Å². The quantitative estimate of drug-likeness (QED) is 0.649. The number of nitrogens with zero attached hydrogens (tertiary/aromatic N) is 2. The fourth-order valence-electron chi connectivity index (χ4n) is 5.99. The summed E-state index contributed by atoms with van der Waals surface area (Å²) < 4.78 is 11.1. The molecule has 0 unspecified atom stereocenters. The first-order chi connectivity index (χ1) is 16.5. The predicted octanol–water partition coefficient (Wildman–Crippen LogP) is 3.39. The van der Waals surface area contributed by atoms with E-state index in [0.717, 1.165) is 52.9 Å². The first-order valence-electron chi connectivity index (χ1n) is 12.0. The number of piperazine rings is 1. The molecule has 3 aromatic rings. The largest absolute Gasteiger partial charge is 0.497 e. The minimum atomic E-state index is -1.08. The van der Waals surface area contributed by atoms with Crippen LogP contribution < -0.4 is 4.74 Å². The molecule has 6 rings (SSSR count). The molecule has 2 amide bonds. The summed E-state index contributed by atoms with van der Waals surface area (Å²) in [7, 11) is 1.65. The number of H-pyrrole nitrogens is 1. The Balaban J connectivity index is 1.49. The number of carbonyl (C=O) groups excluding carboxylic acids is 2. The maximum absolute atomic E-state index is 14.0. The van der Waals surface area contributed by atoms with Gasteiger partial charge in [0.25, 0.3) is 5.91 Å². The van der Waals surface area contributed by atoms with Crippen molar-refractivity contribution in [3.8, 4) is 5.75 Å². The number of methoxy groups -OCH3 is 1. The first kappa shape index (κ1) is 21.2. The zero-order valence-electron chi connectivity index (χ0n) is 19.5. The van der Waals surface area contributed by atoms with Crippen LogP contribution in [0.5, 0.6) is 5.75 Å². The Kier molecular flexibility index (Phi) is 4.92. The highest BCUT2D eigenvalue weighted by Gasteiger charge is 2.56. The van der Waals surface area contributed by atoms with Crippen LogP contribution in [0.1, 0.15) is 42.5 Å². The van der Waals surface area contributed by atoms with E-state index in [1.807, 2.05) is 37.3 Å². The first-order valence-corrected chi connectivity index (χ1v) is 12.0. The van der Waals surface area contributed by atoms with E-state index < -0.39 is 5.54 Å². The van der Waals surface area contributed by atoms with Gasteiger partial charge in [-0.05, 0) is 49.1 Å².